The van der Waals surface area contributed by atoms with Gasteiger partial charge in [-0.25, -0.2) is 0 Å². The van der Waals surface area contributed by atoms with Gasteiger partial charge in [0.05, 0.1) is 0 Å². The molecule has 2 unspecified atom stereocenters. The first-order valence-corrected chi connectivity index (χ1v) is 8.70. The quantitative estimate of drug-likeness (QED) is 0.810. The molecule has 0 radical (unpaired) electrons. The van der Waals surface area contributed by atoms with Crippen molar-refractivity contribution in [3.63, 3.8) is 0 Å². The van der Waals surface area contributed by atoms with E-state index in [1.807, 2.05) is 12.1 Å². The summed E-state index contributed by atoms with van der Waals surface area (Å²) in [6.07, 6.45) is 7.80. The molecule has 0 spiro atoms. The van der Waals surface area contributed by atoms with Crippen LogP contribution in [0.2, 0.25) is 5.02 Å². The lowest BCUT2D eigenvalue weighted by molar-refractivity contribution is 0.512. The third kappa shape index (κ3) is 4.14. The molecular weight excluding hydrogens is 274 g/mol. The van der Waals surface area contributed by atoms with Gasteiger partial charge in [0.1, 0.15) is 0 Å². The molecule has 0 heterocycles. The van der Waals surface area contributed by atoms with Gasteiger partial charge in [0.25, 0.3) is 0 Å². The van der Waals surface area contributed by atoms with Gasteiger partial charge in [-0.3, -0.25) is 0 Å². The number of rotatable bonds is 5. The number of nitrogens with two attached hydrogens (primary N) is 1. The molecule has 1 nitrogen and oxygen atoms in total. The molecule has 1 aromatic rings. The van der Waals surface area contributed by atoms with Gasteiger partial charge in [-0.05, 0) is 30.9 Å². The van der Waals surface area contributed by atoms with Crippen molar-refractivity contribution in [3.05, 3.63) is 34.9 Å². The Labute approximate surface area is 126 Å². The van der Waals surface area contributed by atoms with Crippen molar-refractivity contribution in [2.75, 3.05) is 0 Å². The van der Waals surface area contributed by atoms with Crippen LogP contribution in [0.25, 0.3) is 0 Å². The highest BCUT2D eigenvalue weighted by molar-refractivity contribution is 8.00. The Kier molecular flexibility index (Phi) is 6.06. The molecule has 19 heavy (non-hydrogen) atoms. The molecule has 3 heteroatoms. The minimum absolute atomic E-state index is 0.187. The van der Waals surface area contributed by atoms with Crippen molar-refractivity contribution >= 4 is 23.4 Å². The van der Waals surface area contributed by atoms with Gasteiger partial charge in [-0.2, -0.15) is 0 Å². The van der Waals surface area contributed by atoms with E-state index in [1.54, 1.807) is 0 Å². The van der Waals surface area contributed by atoms with Crippen LogP contribution in [0.3, 0.4) is 0 Å². The van der Waals surface area contributed by atoms with Gasteiger partial charge in [0.15, 0.2) is 0 Å². The monoisotopic (exact) mass is 297 g/mol. The highest BCUT2D eigenvalue weighted by Gasteiger charge is 2.26. The molecule has 0 bridgehead atoms. The molecule has 0 aliphatic heterocycles. The van der Waals surface area contributed by atoms with Crippen LogP contribution in [-0.2, 0) is 0 Å². The summed E-state index contributed by atoms with van der Waals surface area (Å²) in [5.74, 6) is 0. The SMILES string of the molecule is CCC(N)C(SC1CCCCC1)c1ccccc1Cl. The smallest absolute Gasteiger partial charge is 0.0465 e. The van der Waals surface area contributed by atoms with Crippen molar-refractivity contribution in [2.45, 2.75) is 62.0 Å². The number of hydrogen-bond donors (Lipinski definition) is 1. The summed E-state index contributed by atoms with van der Waals surface area (Å²) < 4.78 is 0. The summed E-state index contributed by atoms with van der Waals surface area (Å²) >= 11 is 8.42. The van der Waals surface area contributed by atoms with E-state index >= 15 is 0 Å². The number of halogens is 1. The second-order valence-corrected chi connectivity index (χ2v) is 7.26. The van der Waals surface area contributed by atoms with Gasteiger partial charge >= 0.3 is 0 Å². The second kappa shape index (κ2) is 7.56. The predicted octanol–water partition coefficient (Wildman–Crippen LogP) is 5.18. The molecule has 2 rings (SSSR count). The molecule has 2 atom stereocenters. The molecule has 0 saturated heterocycles. The van der Waals surface area contributed by atoms with Crippen molar-refractivity contribution < 1.29 is 0 Å². The topological polar surface area (TPSA) is 26.0 Å². The average molecular weight is 298 g/mol. The van der Waals surface area contributed by atoms with E-state index in [2.05, 4.69) is 30.8 Å². The van der Waals surface area contributed by atoms with Gasteiger partial charge < -0.3 is 5.73 Å². The number of thioether (sulfide) groups is 1. The fourth-order valence-corrected chi connectivity index (χ4v) is 4.82. The maximum Gasteiger partial charge on any atom is 0.0465 e. The molecule has 1 aliphatic rings. The van der Waals surface area contributed by atoms with Gasteiger partial charge in [-0.1, -0.05) is 56.0 Å². The standard InChI is InChI=1S/C16H24ClNS/c1-2-15(18)16(13-10-6-7-11-14(13)17)19-12-8-4-3-5-9-12/h6-7,10-12,15-16H,2-5,8-9,18H2,1H3. The minimum atomic E-state index is 0.187. The Balaban J connectivity index is 2.13. The van der Waals surface area contributed by atoms with Crippen LogP contribution < -0.4 is 5.73 Å². The molecule has 1 aromatic carbocycles. The molecule has 0 amide bonds. The van der Waals surface area contributed by atoms with E-state index in [4.69, 9.17) is 17.3 Å². The molecule has 1 aliphatic carbocycles. The molecule has 106 valence electrons. The normalized spacial score (nSPS) is 20.2. The van der Waals surface area contributed by atoms with E-state index in [1.165, 1.54) is 37.7 Å². The van der Waals surface area contributed by atoms with Gasteiger partial charge in [0.2, 0.25) is 0 Å². The minimum Gasteiger partial charge on any atom is -0.326 e. The van der Waals surface area contributed by atoms with Crippen LogP contribution >= 0.6 is 23.4 Å². The Bertz CT molecular complexity index is 390. The summed E-state index contributed by atoms with van der Waals surface area (Å²) in [5.41, 5.74) is 7.57. The molecule has 1 saturated carbocycles. The third-order valence-electron chi connectivity index (χ3n) is 3.96. The fraction of sp³-hybridized carbons (Fsp3) is 0.625. The van der Waals surface area contributed by atoms with E-state index in [9.17, 15) is 0 Å². The Morgan fingerprint density at radius 2 is 1.95 bits per heavy atom. The van der Waals surface area contributed by atoms with Crippen molar-refractivity contribution in [1.29, 1.82) is 0 Å². The van der Waals surface area contributed by atoms with Crippen LogP contribution in [0.1, 0.15) is 56.3 Å². The lowest BCUT2D eigenvalue weighted by Crippen LogP contribution is -2.28. The van der Waals surface area contributed by atoms with Crippen LogP contribution in [0.4, 0.5) is 0 Å². The zero-order chi connectivity index (χ0) is 13.7. The summed E-state index contributed by atoms with van der Waals surface area (Å²) in [6.45, 7) is 2.16. The molecule has 0 aromatic heterocycles. The van der Waals surface area contributed by atoms with E-state index < -0.39 is 0 Å². The lowest BCUT2D eigenvalue weighted by Gasteiger charge is -2.30. The summed E-state index contributed by atoms with van der Waals surface area (Å²) in [6, 6.07) is 8.36. The van der Waals surface area contributed by atoms with Crippen LogP contribution in [0, 0.1) is 0 Å². The first-order valence-electron chi connectivity index (χ1n) is 7.37. The zero-order valence-corrected chi connectivity index (χ0v) is 13.2. The van der Waals surface area contributed by atoms with E-state index in [0.29, 0.717) is 5.25 Å². The Morgan fingerprint density at radius 1 is 1.26 bits per heavy atom. The maximum atomic E-state index is 6.37. The second-order valence-electron chi connectivity index (χ2n) is 5.41. The highest BCUT2D eigenvalue weighted by atomic mass is 35.5. The molecular formula is C16H24ClNS. The third-order valence-corrected chi connectivity index (χ3v) is 6.06. The lowest BCUT2D eigenvalue weighted by atomic mass is 10.0. The average Bonchev–Trinajstić information content (AvgIpc) is 2.46. The van der Waals surface area contributed by atoms with Crippen molar-refractivity contribution in [2.24, 2.45) is 5.73 Å². The van der Waals surface area contributed by atoms with E-state index in [0.717, 1.165) is 16.7 Å². The van der Waals surface area contributed by atoms with Crippen LogP contribution in [-0.4, -0.2) is 11.3 Å². The number of benzene rings is 1. The number of hydrogen-bond acceptors (Lipinski definition) is 2. The summed E-state index contributed by atoms with van der Waals surface area (Å²) in [7, 11) is 0. The fourth-order valence-electron chi connectivity index (χ4n) is 2.73. The van der Waals surface area contributed by atoms with E-state index in [-0.39, 0.29) is 6.04 Å². The summed E-state index contributed by atoms with van der Waals surface area (Å²) in [5, 5.41) is 1.95. The van der Waals surface area contributed by atoms with Gasteiger partial charge in [-0.15, -0.1) is 11.8 Å². The molecule has 1 fully saturated rings. The predicted molar refractivity (Wildman–Crippen MR) is 86.9 cm³/mol. The molecule has 2 N–H and O–H groups in total. The maximum absolute atomic E-state index is 6.37. The Morgan fingerprint density at radius 3 is 2.58 bits per heavy atom. The van der Waals surface area contributed by atoms with Crippen LogP contribution in [0.5, 0.6) is 0 Å². The van der Waals surface area contributed by atoms with Crippen molar-refractivity contribution in [3.8, 4) is 0 Å². The van der Waals surface area contributed by atoms with Gasteiger partial charge in [0, 0.05) is 21.6 Å². The van der Waals surface area contributed by atoms with Crippen LogP contribution in [0.15, 0.2) is 24.3 Å². The first-order chi connectivity index (χ1) is 9.22. The highest BCUT2D eigenvalue weighted by Crippen LogP contribution is 2.42. The van der Waals surface area contributed by atoms with Crippen molar-refractivity contribution in [1.82, 2.24) is 0 Å². The first kappa shape index (κ1) is 15.2. The summed E-state index contributed by atoms with van der Waals surface area (Å²) in [4.78, 5) is 0. The Hall–Kier alpha value is -0.180. The largest absolute Gasteiger partial charge is 0.326 e. The zero-order valence-electron chi connectivity index (χ0n) is 11.6.